The third-order valence-corrected chi connectivity index (χ3v) is 6.74. The number of rotatable bonds is 1. The first-order valence-corrected chi connectivity index (χ1v) is 13.1. The van der Waals surface area contributed by atoms with E-state index in [0.29, 0.717) is 42.7 Å². The molecule has 3 N–H and O–H groups in total. The minimum Gasteiger partial charge on any atom is -0.455 e. The van der Waals surface area contributed by atoms with Crippen molar-refractivity contribution in [3.8, 4) is 0 Å². The Bertz CT molecular complexity index is 1260. The lowest BCUT2D eigenvalue weighted by Gasteiger charge is -2.35. The first-order chi connectivity index (χ1) is 18.1. The number of carbonyl (C=O) groups is 3. The minimum absolute atomic E-state index is 0.0397. The fraction of sp³-hybridized carbons (Fsp3) is 0.464. The number of carbonyl (C=O) groups excluding carboxylic acids is 3. The van der Waals surface area contributed by atoms with Gasteiger partial charge >= 0.3 is 5.97 Å². The Hall–Kier alpha value is -3.79. The molecule has 1 aromatic carbocycles. The number of hydrogen-bond acceptors (Lipinski definition) is 8. The molecule has 202 valence electrons. The van der Waals surface area contributed by atoms with Gasteiger partial charge in [-0.25, -0.2) is 10.4 Å². The molecule has 1 aromatic heterocycles. The maximum absolute atomic E-state index is 13.1. The summed E-state index contributed by atoms with van der Waals surface area (Å²) < 4.78 is 5.71. The van der Waals surface area contributed by atoms with Crippen molar-refractivity contribution in [2.45, 2.75) is 71.2 Å². The van der Waals surface area contributed by atoms with E-state index in [-0.39, 0.29) is 17.7 Å². The Labute approximate surface area is 222 Å². The number of benzene rings is 1. The van der Waals surface area contributed by atoms with Crippen molar-refractivity contribution >= 4 is 34.9 Å². The van der Waals surface area contributed by atoms with E-state index in [1.54, 1.807) is 20.0 Å². The normalized spacial score (nSPS) is 26.6. The average molecular weight is 521 g/mol. The van der Waals surface area contributed by atoms with Crippen molar-refractivity contribution in [2.24, 2.45) is 5.92 Å². The molecule has 0 aliphatic carbocycles. The van der Waals surface area contributed by atoms with Crippen LogP contribution in [0.1, 0.15) is 64.3 Å². The van der Waals surface area contributed by atoms with Crippen LogP contribution in [0.4, 0.5) is 0 Å². The second-order valence-electron chi connectivity index (χ2n) is 10.2. The highest BCUT2D eigenvalue weighted by atomic mass is 16.5. The van der Waals surface area contributed by atoms with Gasteiger partial charge in [0.05, 0.1) is 22.9 Å². The zero-order valence-corrected chi connectivity index (χ0v) is 22.4. The molecule has 2 aliphatic rings. The van der Waals surface area contributed by atoms with E-state index < -0.39 is 30.2 Å². The van der Waals surface area contributed by atoms with E-state index >= 15 is 0 Å². The average Bonchev–Trinajstić information content (AvgIpc) is 2.90. The van der Waals surface area contributed by atoms with E-state index in [0.717, 1.165) is 11.1 Å². The molecule has 3 unspecified atom stereocenters. The number of fused-ring (bicyclic) bond motifs is 4. The second-order valence-corrected chi connectivity index (χ2v) is 10.2. The number of esters is 1. The zero-order valence-electron chi connectivity index (χ0n) is 22.4. The van der Waals surface area contributed by atoms with E-state index in [1.807, 2.05) is 44.2 Å². The lowest BCUT2D eigenvalue weighted by molar-refractivity contribution is -0.157. The first kappa shape index (κ1) is 27.3. The molecule has 0 radical (unpaired) electrons. The van der Waals surface area contributed by atoms with Gasteiger partial charge in [0.2, 0.25) is 5.91 Å². The quantitative estimate of drug-likeness (QED) is 0.490. The van der Waals surface area contributed by atoms with Gasteiger partial charge in [0.15, 0.2) is 0 Å². The maximum Gasteiger partial charge on any atom is 0.325 e. The standard InChI is InChI=1S/C28H36N6O4/c1-16(2)25-26(35)31-18(4)27(36)34-13-7-10-22(33-34)28(37)38-19(5)24-15-29-21-12-11-20(14-23(21)32-24)9-6-8-17(3)30-25/h6,9,11-12,14-16,18-19,22,25,30,33H,3,7-8,10,13H2,1-2,4-5H3,(H,31,35)/b9-6+/t18?,19-,22?,25?/m1/s1. The molecular formula is C28H36N6O4. The predicted molar refractivity (Wildman–Crippen MR) is 144 cm³/mol. The van der Waals surface area contributed by atoms with Crippen LogP contribution < -0.4 is 16.1 Å². The van der Waals surface area contributed by atoms with Crippen molar-refractivity contribution in [3.63, 3.8) is 0 Å². The van der Waals surface area contributed by atoms with Crippen molar-refractivity contribution in [1.82, 2.24) is 31.0 Å². The van der Waals surface area contributed by atoms with Crippen molar-refractivity contribution < 1.29 is 19.1 Å². The molecule has 10 nitrogen and oxygen atoms in total. The lowest BCUT2D eigenvalue weighted by atomic mass is 10.0. The number of nitrogens with zero attached hydrogens (tertiary/aromatic N) is 3. The summed E-state index contributed by atoms with van der Waals surface area (Å²) in [6.45, 7) is 11.8. The topological polar surface area (TPSA) is 126 Å². The summed E-state index contributed by atoms with van der Waals surface area (Å²) >= 11 is 0. The third-order valence-electron chi connectivity index (χ3n) is 6.74. The predicted octanol–water partition coefficient (Wildman–Crippen LogP) is 2.78. The highest BCUT2D eigenvalue weighted by Gasteiger charge is 2.33. The van der Waals surface area contributed by atoms with Crippen LogP contribution in [0.25, 0.3) is 17.1 Å². The number of ether oxygens (including phenoxy) is 1. The summed E-state index contributed by atoms with van der Waals surface area (Å²) in [5.74, 6) is -1.13. The molecule has 2 amide bonds. The summed E-state index contributed by atoms with van der Waals surface area (Å²) in [7, 11) is 0. The molecule has 1 fully saturated rings. The summed E-state index contributed by atoms with van der Waals surface area (Å²) in [5, 5.41) is 7.43. The van der Waals surface area contributed by atoms with Crippen LogP contribution in [0.2, 0.25) is 0 Å². The van der Waals surface area contributed by atoms with Gasteiger partial charge in [-0.1, -0.05) is 38.6 Å². The number of hydrazine groups is 1. The number of amides is 2. The molecule has 10 heteroatoms. The molecule has 4 rings (SSSR count). The Kier molecular flexibility index (Phi) is 8.41. The first-order valence-electron chi connectivity index (χ1n) is 13.1. The Morgan fingerprint density at radius 1 is 1.13 bits per heavy atom. The Morgan fingerprint density at radius 3 is 2.68 bits per heavy atom. The number of nitrogens with one attached hydrogen (secondary N) is 3. The van der Waals surface area contributed by atoms with Gasteiger partial charge in [-0.3, -0.25) is 24.4 Å². The molecule has 2 aromatic rings. The van der Waals surface area contributed by atoms with E-state index in [4.69, 9.17) is 4.74 Å². The molecule has 5 bridgehead atoms. The fourth-order valence-corrected chi connectivity index (χ4v) is 4.52. The largest absolute Gasteiger partial charge is 0.455 e. The zero-order chi connectivity index (χ0) is 27.4. The Morgan fingerprint density at radius 2 is 1.92 bits per heavy atom. The smallest absolute Gasteiger partial charge is 0.325 e. The number of allylic oxidation sites excluding steroid dienone is 1. The van der Waals surface area contributed by atoms with Crippen molar-refractivity contribution in [1.29, 1.82) is 0 Å². The van der Waals surface area contributed by atoms with Gasteiger partial charge in [-0.2, -0.15) is 0 Å². The van der Waals surface area contributed by atoms with Crippen molar-refractivity contribution in [2.75, 3.05) is 6.54 Å². The molecule has 3 heterocycles. The van der Waals surface area contributed by atoms with Gasteiger partial charge in [-0.15, -0.1) is 0 Å². The van der Waals surface area contributed by atoms with Gasteiger partial charge in [0.25, 0.3) is 5.91 Å². The number of cyclic esters (lactones) is 1. The minimum atomic E-state index is -0.790. The van der Waals surface area contributed by atoms with Crippen molar-refractivity contribution in [3.05, 3.63) is 54.0 Å². The fourth-order valence-electron chi connectivity index (χ4n) is 4.52. The highest BCUT2D eigenvalue weighted by molar-refractivity contribution is 5.90. The molecular weight excluding hydrogens is 484 g/mol. The van der Waals surface area contributed by atoms with E-state index in [1.165, 1.54) is 5.01 Å². The van der Waals surface area contributed by atoms with Crippen LogP contribution in [0, 0.1) is 5.92 Å². The lowest BCUT2D eigenvalue weighted by Crippen LogP contribution is -2.60. The van der Waals surface area contributed by atoms with Crippen LogP contribution in [0.5, 0.6) is 0 Å². The van der Waals surface area contributed by atoms with Crippen LogP contribution in [0.3, 0.4) is 0 Å². The van der Waals surface area contributed by atoms with Gasteiger partial charge in [0, 0.05) is 18.7 Å². The monoisotopic (exact) mass is 520 g/mol. The SMILES string of the molecule is C=C1C/C=C/c2ccc3ncc(nc3c2)[C@@H](C)OC(=O)C2CCCN(N2)C(=O)C(C)NC(=O)C(C(C)C)N1. The molecule has 1 saturated heterocycles. The maximum atomic E-state index is 13.1. The summed E-state index contributed by atoms with van der Waals surface area (Å²) in [6.07, 6.45) is 6.56. The molecule has 2 aliphatic heterocycles. The van der Waals surface area contributed by atoms with E-state index in [2.05, 4.69) is 32.6 Å². The van der Waals surface area contributed by atoms with Crippen LogP contribution in [-0.2, 0) is 19.1 Å². The third kappa shape index (κ3) is 6.36. The molecule has 4 atom stereocenters. The second kappa shape index (κ2) is 11.7. The summed E-state index contributed by atoms with van der Waals surface area (Å²) in [6, 6.07) is 3.73. The van der Waals surface area contributed by atoms with Gasteiger partial charge in [0.1, 0.15) is 24.2 Å². The van der Waals surface area contributed by atoms with Crippen LogP contribution in [0.15, 0.2) is 42.7 Å². The highest BCUT2D eigenvalue weighted by Crippen LogP contribution is 2.21. The summed E-state index contributed by atoms with van der Waals surface area (Å²) in [4.78, 5) is 48.4. The van der Waals surface area contributed by atoms with Gasteiger partial charge in [-0.05, 0) is 50.3 Å². The molecule has 38 heavy (non-hydrogen) atoms. The van der Waals surface area contributed by atoms with E-state index in [9.17, 15) is 14.4 Å². The van der Waals surface area contributed by atoms with Crippen LogP contribution in [-0.4, -0.2) is 57.4 Å². The number of aromatic nitrogens is 2. The summed E-state index contributed by atoms with van der Waals surface area (Å²) in [5.41, 5.74) is 6.57. The van der Waals surface area contributed by atoms with Gasteiger partial charge < -0.3 is 15.4 Å². The van der Waals surface area contributed by atoms with Crippen LogP contribution >= 0.6 is 0 Å². The number of hydrogen-bond donors (Lipinski definition) is 3. The Balaban J connectivity index is 1.64. The molecule has 0 spiro atoms. The molecule has 0 saturated carbocycles.